The number of benzene rings is 2. The van der Waals surface area contributed by atoms with E-state index in [0.29, 0.717) is 22.8 Å². The molecule has 1 N–H and O–H groups in total. The molecule has 0 spiro atoms. The molecular formula is C24H18N4O2S. The van der Waals surface area contributed by atoms with Crippen LogP contribution in [0.1, 0.15) is 10.4 Å². The maximum Gasteiger partial charge on any atom is 0.255 e. The van der Waals surface area contributed by atoms with Crippen LogP contribution in [0.25, 0.3) is 27.5 Å². The van der Waals surface area contributed by atoms with Gasteiger partial charge >= 0.3 is 0 Å². The van der Waals surface area contributed by atoms with Gasteiger partial charge in [-0.1, -0.05) is 18.2 Å². The number of hydrogen-bond acceptors (Lipinski definition) is 5. The fraction of sp³-hybridized carbons (Fsp3) is 0.0417. The lowest BCUT2D eigenvalue weighted by molar-refractivity contribution is 0.102. The molecule has 5 aromatic rings. The Labute approximate surface area is 182 Å². The minimum absolute atomic E-state index is 0.204. The lowest BCUT2D eigenvalue weighted by Gasteiger charge is -2.12. The minimum atomic E-state index is -0.204. The highest BCUT2D eigenvalue weighted by Gasteiger charge is 2.13. The first-order valence-electron chi connectivity index (χ1n) is 9.65. The Bertz CT molecular complexity index is 1330. The van der Waals surface area contributed by atoms with Crippen LogP contribution in [0.4, 0.5) is 5.69 Å². The second-order valence-corrected chi connectivity index (χ2v) is 7.82. The first-order chi connectivity index (χ1) is 15.2. The van der Waals surface area contributed by atoms with Gasteiger partial charge in [0.2, 0.25) is 5.78 Å². The van der Waals surface area contributed by atoms with Crippen LogP contribution in [0.2, 0.25) is 0 Å². The van der Waals surface area contributed by atoms with E-state index < -0.39 is 0 Å². The van der Waals surface area contributed by atoms with Crippen LogP contribution in [-0.4, -0.2) is 27.4 Å². The highest BCUT2D eigenvalue weighted by molar-refractivity contribution is 7.13. The van der Waals surface area contributed by atoms with Gasteiger partial charge in [-0.3, -0.25) is 9.20 Å². The summed E-state index contributed by atoms with van der Waals surface area (Å²) in [6.45, 7) is 0. The number of ether oxygens (including phenoxy) is 1. The van der Waals surface area contributed by atoms with Crippen LogP contribution in [0.5, 0.6) is 5.75 Å². The molecule has 152 valence electrons. The third-order valence-electron chi connectivity index (χ3n) is 4.93. The molecule has 5 rings (SSSR count). The summed E-state index contributed by atoms with van der Waals surface area (Å²) in [5.41, 5.74) is 3.86. The summed E-state index contributed by atoms with van der Waals surface area (Å²) in [6.07, 6.45) is 5.50. The van der Waals surface area contributed by atoms with E-state index in [2.05, 4.69) is 21.4 Å². The average molecular weight is 427 g/mol. The van der Waals surface area contributed by atoms with Gasteiger partial charge < -0.3 is 10.1 Å². The molecular weight excluding hydrogens is 408 g/mol. The lowest BCUT2D eigenvalue weighted by Crippen LogP contribution is -2.12. The van der Waals surface area contributed by atoms with Gasteiger partial charge in [-0.15, -0.1) is 11.3 Å². The number of rotatable bonds is 5. The number of fused-ring (bicyclic) bond motifs is 1. The smallest absolute Gasteiger partial charge is 0.255 e. The van der Waals surface area contributed by atoms with Crippen molar-refractivity contribution in [2.45, 2.75) is 0 Å². The van der Waals surface area contributed by atoms with E-state index in [-0.39, 0.29) is 5.91 Å². The molecule has 3 heterocycles. The number of imidazole rings is 1. The van der Waals surface area contributed by atoms with E-state index in [4.69, 9.17) is 4.74 Å². The summed E-state index contributed by atoms with van der Waals surface area (Å²) in [4.78, 5) is 22.9. The van der Waals surface area contributed by atoms with Gasteiger partial charge in [0.1, 0.15) is 5.75 Å². The van der Waals surface area contributed by atoms with Crippen LogP contribution in [0, 0.1) is 0 Å². The van der Waals surface area contributed by atoms with Crippen molar-refractivity contribution >= 4 is 28.7 Å². The number of nitrogens with one attached hydrogen (secondary N) is 1. The molecule has 31 heavy (non-hydrogen) atoms. The van der Waals surface area contributed by atoms with E-state index >= 15 is 0 Å². The Morgan fingerprint density at radius 1 is 1.06 bits per heavy atom. The zero-order chi connectivity index (χ0) is 21.2. The highest BCUT2D eigenvalue weighted by Crippen LogP contribution is 2.31. The average Bonchev–Trinajstić information content (AvgIpc) is 3.49. The Kier molecular flexibility index (Phi) is 4.93. The standard InChI is InChI=1S/C24H18N4O2S/c1-30-21-10-9-18(20-15-28-12-3-11-25-24(28)27-20)14-19(21)26-23(29)17-7-5-16(6-8-17)22-4-2-13-31-22/h2-15H,1H3,(H,26,29). The van der Waals surface area contributed by atoms with Crippen LogP contribution < -0.4 is 10.1 Å². The minimum Gasteiger partial charge on any atom is -0.495 e. The van der Waals surface area contributed by atoms with Crippen LogP contribution >= 0.6 is 11.3 Å². The summed E-state index contributed by atoms with van der Waals surface area (Å²) in [5.74, 6) is 0.990. The summed E-state index contributed by atoms with van der Waals surface area (Å²) < 4.78 is 7.30. The van der Waals surface area contributed by atoms with E-state index in [0.717, 1.165) is 16.8 Å². The largest absolute Gasteiger partial charge is 0.495 e. The van der Waals surface area contributed by atoms with Gasteiger partial charge in [-0.25, -0.2) is 9.97 Å². The van der Waals surface area contributed by atoms with Gasteiger partial charge in [-0.2, -0.15) is 0 Å². The number of aromatic nitrogens is 3. The number of anilines is 1. The maximum atomic E-state index is 12.9. The Morgan fingerprint density at radius 2 is 1.90 bits per heavy atom. The summed E-state index contributed by atoms with van der Waals surface area (Å²) in [5, 5.41) is 5.00. The molecule has 0 aliphatic carbocycles. The van der Waals surface area contributed by atoms with Crippen molar-refractivity contribution in [3.05, 3.63) is 90.2 Å². The number of nitrogens with zero attached hydrogens (tertiary/aromatic N) is 3. The van der Waals surface area contributed by atoms with Crippen molar-refractivity contribution in [1.82, 2.24) is 14.4 Å². The van der Waals surface area contributed by atoms with Crippen molar-refractivity contribution in [2.24, 2.45) is 0 Å². The molecule has 6 nitrogen and oxygen atoms in total. The molecule has 0 bridgehead atoms. The van der Waals surface area contributed by atoms with Gasteiger partial charge in [0, 0.05) is 34.6 Å². The fourth-order valence-corrected chi connectivity index (χ4v) is 4.09. The Morgan fingerprint density at radius 3 is 2.65 bits per heavy atom. The maximum absolute atomic E-state index is 12.9. The first kappa shape index (κ1) is 19.0. The summed E-state index contributed by atoms with van der Waals surface area (Å²) in [6, 6.07) is 19.1. The number of thiophene rings is 1. The predicted molar refractivity (Wildman–Crippen MR) is 123 cm³/mol. The predicted octanol–water partition coefficient (Wildman–Crippen LogP) is 5.39. The molecule has 0 aliphatic heterocycles. The van der Waals surface area contributed by atoms with Crippen molar-refractivity contribution < 1.29 is 9.53 Å². The molecule has 0 unspecified atom stereocenters. The number of methoxy groups -OCH3 is 1. The molecule has 0 radical (unpaired) electrons. The Balaban J connectivity index is 1.42. The third-order valence-corrected chi connectivity index (χ3v) is 5.85. The number of hydrogen-bond donors (Lipinski definition) is 1. The van der Waals surface area contributed by atoms with Gasteiger partial charge in [0.05, 0.1) is 18.5 Å². The van der Waals surface area contributed by atoms with Crippen molar-refractivity contribution in [3.63, 3.8) is 0 Å². The van der Waals surface area contributed by atoms with Crippen LogP contribution in [0.3, 0.4) is 0 Å². The van der Waals surface area contributed by atoms with Crippen molar-refractivity contribution in [1.29, 1.82) is 0 Å². The fourth-order valence-electron chi connectivity index (χ4n) is 3.36. The second kappa shape index (κ2) is 8.04. The Hall–Kier alpha value is -3.97. The molecule has 7 heteroatoms. The number of carbonyl (C=O) groups is 1. The van der Waals surface area contributed by atoms with Crippen LogP contribution in [0.15, 0.2) is 84.6 Å². The molecule has 0 saturated heterocycles. The normalized spacial score (nSPS) is 10.9. The summed E-state index contributed by atoms with van der Waals surface area (Å²) >= 11 is 1.67. The molecule has 2 aromatic carbocycles. The number of amides is 1. The monoisotopic (exact) mass is 426 g/mol. The summed E-state index contributed by atoms with van der Waals surface area (Å²) in [7, 11) is 1.58. The first-order valence-corrected chi connectivity index (χ1v) is 10.5. The zero-order valence-corrected chi connectivity index (χ0v) is 17.5. The van der Waals surface area contributed by atoms with E-state index in [1.165, 1.54) is 4.88 Å². The molecule has 0 saturated carbocycles. The van der Waals surface area contributed by atoms with E-state index in [1.807, 2.05) is 76.8 Å². The third kappa shape index (κ3) is 3.78. The topological polar surface area (TPSA) is 68.5 Å². The molecule has 3 aromatic heterocycles. The molecule has 1 amide bonds. The van der Waals surface area contributed by atoms with Gasteiger partial charge in [0.25, 0.3) is 5.91 Å². The zero-order valence-electron chi connectivity index (χ0n) is 16.6. The van der Waals surface area contributed by atoms with Crippen molar-refractivity contribution in [2.75, 3.05) is 12.4 Å². The van der Waals surface area contributed by atoms with Gasteiger partial charge in [-0.05, 0) is 53.4 Å². The molecule has 0 fully saturated rings. The second-order valence-electron chi connectivity index (χ2n) is 6.88. The highest BCUT2D eigenvalue weighted by atomic mass is 32.1. The van der Waals surface area contributed by atoms with Gasteiger partial charge in [0.15, 0.2) is 0 Å². The lowest BCUT2D eigenvalue weighted by atomic mass is 10.1. The molecule has 0 atom stereocenters. The van der Waals surface area contributed by atoms with E-state index in [1.54, 1.807) is 24.6 Å². The van der Waals surface area contributed by atoms with Crippen LogP contribution in [-0.2, 0) is 0 Å². The van der Waals surface area contributed by atoms with E-state index in [9.17, 15) is 4.79 Å². The quantitative estimate of drug-likeness (QED) is 0.409. The number of carbonyl (C=O) groups excluding carboxylic acids is 1. The molecule has 0 aliphatic rings. The van der Waals surface area contributed by atoms with Crippen molar-refractivity contribution in [3.8, 4) is 27.4 Å². The SMILES string of the molecule is COc1ccc(-c2cn3cccnc3n2)cc1NC(=O)c1ccc(-c2cccs2)cc1.